The smallest absolute Gasteiger partial charge is 0.0270 e. The fourth-order valence-corrected chi connectivity index (χ4v) is 4.15. The Morgan fingerprint density at radius 3 is 2.29 bits per heavy atom. The molecule has 0 aliphatic heterocycles. The van der Waals surface area contributed by atoms with Gasteiger partial charge >= 0.3 is 0 Å². The van der Waals surface area contributed by atoms with Crippen molar-refractivity contribution in [2.45, 2.75) is 57.8 Å². The third-order valence-corrected chi connectivity index (χ3v) is 5.17. The number of hydrogen-bond donors (Lipinski definition) is 0. The maximum Gasteiger partial charge on any atom is 0.0270 e. The van der Waals surface area contributed by atoms with Crippen molar-refractivity contribution in [2.75, 3.05) is 0 Å². The summed E-state index contributed by atoms with van der Waals surface area (Å²) in [4.78, 5) is 4.12. The van der Waals surface area contributed by atoms with Gasteiger partial charge in [-0.05, 0) is 73.5 Å². The van der Waals surface area contributed by atoms with Crippen LogP contribution in [0.15, 0.2) is 24.5 Å². The van der Waals surface area contributed by atoms with E-state index in [1.165, 1.54) is 50.5 Å². The van der Waals surface area contributed by atoms with Gasteiger partial charge in [0.05, 0.1) is 0 Å². The molecule has 3 rings (SSSR count). The minimum atomic E-state index is 0.739. The van der Waals surface area contributed by atoms with Gasteiger partial charge in [-0.3, -0.25) is 4.98 Å². The van der Waals surface area contributed by atoms with Gasteiger partial charge in [-0.1, -0.05) is 13.3 Å². The Hall–Kier alpha value is -0.850. The zero-order valence-corrected chi connectivity index (χ0v) is 10.9. The van der Waals surface area contributed by atoms with Gasteiger partial charge in [0.2, 0.25) is 0 Å². The second-order valence-electron chi connectivity index (χ2n) is 6.40. The topological polar surface area (TPSA) is 12.9 Å². The molecule has 1 spiro atoms. The van der Waals surface area contributed by atoms with Crippen molar-refractivity contribution < 1.29 is 0 Å². The molecule has 0 saturated heterocycles. The monoisotopic (exact) mass is 229 g/mol. The molecular weight excluding hydrogens is 206 g/mol. The highest BCUT2D eigenvalue weighted by Gasteiger charge is 2.40. The van der Waals surface area contributed by atoms with Crippen LogP contribution in [0.2, 0.25) is 0 Å². The summed E-state index contributed by atoms with van der Waals surface area (Å²) in [6.45, 7) is 2.43. The van der Waals surface area contributed by atoms with Gasteiger partial charge in [0, 0.05) is 12.4 Å². The van der Waals surface area contributed by atoms with E-state index in [4.69, 9.17) is 0 Å². The Labute approximate surface area is 105 Å². The Morgan fingerprint density at radius 2 is 1.71 bits per heavy atom. The zero-order valence-electron chi connectivity index (χ0n) is 10.9. The molecule has 92 valence electrons. The Bertz CT molecular complexity index is 362. The molecule has 2 fully saturated rings. The fourth-order valence-electron chi connectivity index (χ4n) is 4.15. The summed E-state index contributed by atoms with van der Waals surface area (Å²) >= 11 is 0. The summed E-state index contributed by atoms with van der Waals surface area (Å²) in [6, 6.07) is 4.42. The SMILES string of the molecule is CC1CCC2(CCC(c3ccncc3)CC2)C1. The van der Waals surface area contributed by atoms with Crippen LogP contribution in [0.1, 0.15) is 63.4 Å². The summed E-state index contributed by atoms with van der Waals surface area (Å²) in [6.07, 6.45) is 14.1. The van der Waals surface area contributed by atoms with Crippen LogP contribution in [0.5, 0.6) is 0 Å². The predicted octanol–water partition coefficient (Wildman–Crippen LogP) is 4.55. The van der Waals surface area contributed by atoms with Crippen LogP contribution < -0.4 is 0 Å². The molecule has 1 nitrogen and oxygen atoms in total. The quantitative estimate of drug-likeness (QED) is 0.688. The van der Waals surface area contributed by atoms with Crippen LogP contribution in [-0.2, 0) is 0 Å². The first-order valence-electron chi connectivity index (χ1n) is 7.17. The van der Waals surface area contributed by atoms with Crippen LogP contribution in [0.4, 0.5) is 0 Å². The molecule has 0 radical (unpaired) electrons. The van der Waals surface area contributed by atoms with Crippen molar-refractivity contribution in [1.29, 1.82) is 0 Å². The average molecular weight is 229 g/mol. The minimum absolute atomic E-state index is 0.739. The van der Waals surface area contributed by atoms with Crippen molar-refractivity contribution in [1.82, 2.24) is 4.98 Å². The molecule has 0 N–H and O–H groups in total. The van der Waals surface area contributed by atoms with E-state index in [0.29, 0.717) is 0 Å². The lowest BCUT2D eigenvalue weighted by Crippen LogP contribution is -2.24. The highest BCUT2D eigenvalue weighted by Crippen LogP contribution is 2.53. The van der Waals surface area contributed by atoms with Gasteiger partial charge in [0.1, 0.15) is 0 Å². The highest BCUT2D eigenvalue weighted by molar-refractivity contribution is 5.17. The first-order chi connectivity index (χ1) is 8.27. The lowest BCUT2D eigenvalue weighted by atomic mass is 9.68. The molecule has 1 heteroatoms. The highest BCUT2D eigenvalue weighted by atomic mass is 14.6. The van der Waals surface area contributed by atoms with Crippen LogP contribution >= 0.6 is 0 Å². The summed E-state index contributed by atoms with van der Waals surface area (Å²) in [5, 5.41) is 0. The number of pyridine rings is 1. The van der Waals surface area contributed by atoms with E-state index < -0.39 is 0 Å². The van der Waals surface area contributed by atoms with Crippen molar-refractivity contribution >= 4 is 0 Å². The average Bonchev–Trinajstić information content (AvgIpc) is 2.73. The maximum absolute atomic E-state index is 4.12. The van der Waals surface area contributed by atoms with Crippen molar-refractivity contribution in [3.8, 4) is 0 Å². The van der Waals surface area contributed by atoms with E-state index in [1.54, 1.807) is 0 Å². The van der Waals surface area contributed by atoms with E-state index in [1.807, 2.05) is 12.4 Å². The molecule has 2 aliphatic rings. The summed E-state index contributed by atoms with van der Waals surface area (Å²) in [5.74, 6) is 1.78. The molecule has 0 bridgehead atoms. The third-order valence-electron chi connectivity index (χ3n) is 5.17. The van der Waals surface area contributed by atoms with Gasteiger partial charge in [-0.25, -0.2) is 0 Å². The van der Waals surface area contributed by atoms with Gasteiger partial charge in [-0.15, -0.1) is 0 Å². The second kappa shape index (κ2) is 4.44. The van der Waals surface area contributed by atoms with Gasteiger partial charge < -0.3 is 0 Å². The van der Waals surface area contributed by atoms with Crippen LogP contribution in [0.25, 0.3) is 0 Å². The van der Waals surface area contributed by atoms with Gasteiger partial charge in [0.15, 0.2) is 0 Å². The lowest BCUT2D eigenvalue weighted by molar-refractivity contribution is 0.175. The molecule has 0 aromatic carbocycles. The molecule has 1 heterocycles. The normalized spacial score (nSPS) is 37.5. The molecule has 17 heavy (non-hydrogen) atoms. The van der Waals surface area contributed by atoms with E-state index in [2.05, 4.69) is 24.0 Å². The molecular formula is C16H23N. The first kappa shape index (κ1) is 11.3. The summed E-state index contributed by atoms with van der Waals surface area (Å²) < 4.78 is 0. The van der Waals surface area contributed by atoms with E-state index in [9.17, 15) is 0 Å². The molecule has 2 saturated carbocycles. The van der Waals surface area contributed by atoms with E-state index >= 15 is 0 Å². The summed E-state index contributed by atoms with van der Waals surface area (Å²) in [5.41, 5.74) is 2.25. The van der Waals surface area contributed by atoms with E-state index in [-0.39, 0.29) is 0 Å². The third kappa shape index (κ3) is 2.25. The van der Waals surface area contributed by atoms with Crippen LogP contribution in [0, 0.1) is 11.3 Å². The number of nitrogens with zero attached hydrogens (tertiary/aromatic N) is 1. The lowest BCUT2D eigenvalue weighted by Gasteiger charge is -2.37. The Morgan fingerprint density at radius 1 is 1.06 bits per heavy atom. The number of rotatable bonds is 1. The van der Waals surface area contributed by atoms with E-state index in [0.717, 1.165) is 17.3 Å². The van der Waals surface area contributed by atoms with Gasteiger partial charge in [-0.2, -0.15) is 0 Å². The number of hydrogen-bond acceptors (Lipinski definition) is 1. The standard InChI is InChI=1S/C16H23N/c1-13-2-7-16(12-13)8-3-14(4-9-16)15-5-10-17-11-6-15/h5-6,10-11,13-14H,2-4,7-9,12H2,1H3. The molecule has 1 unspecified atom stereocenters. The molecule has 1 aromatic rings. The summed E-state index contributed by atoms with van der Waals surface area (Å²) in [7, 11) is 0. The molecule has 1 aromatic heterocycles. The van der Waals surface area contributed by atoms with Gasteiger partial charge in [0.25, 0.3) is 0 Å². The van der Waals surface area contributed by atoms with Crippen molar-refractivity contribution in [3.63, 3.8) is 0 Å². The zero-order chi connectivity index (χ0) is 11.7. The minimum Gasteiger partial charge on any atom is -0.265 e. The second-order valence-corrected chi connectivity index (χ2v) is 6.40. The Balaban J connectivity index is 1.65. The first-order valence-corrected chi connectivity index (χ1v) is 7.17. The number of aromatic nitrogens is 1. The fraction of sp³-hybridized carbons (Fsp3) is 0.688. The molecule has 0 amide bonds. The molecule has 2 aliphatic carbocycles. The maximum atomic E-state index is 4.12. The van der Waals surface area contributed by atoms with Crippen LogP contribution in [0.3, 0.4) is 0 Å². The molecule has 1 atom stereocenters. The Kier molecular flexibility index (Phi) is 2.94. The largest absolute Gasteiger partial charge is 0.265 e. The van der Waals surface area contributed by atoms with Crippen molar-refractivity contribution in [3.05, 3.63) is 30.1 Å². The van der Waals surface area contributed by atoms with Crippen molar-refractivity contribution in [2.24, 2.45) is 11.3 Å². The van der Waals surface area contributed by atoms with Crippen LogP contribution in [-0.4, -0.2) is 4.98 Å². The predicted molar refractivity (Wildman–Crippen MR) is 70.9 cm³/mol.